The Bertz CT molecular complexity index is 594. The van der Waals surface area contributed by atoms with E-state index in [2.05, 4.69) is 5.32 Å². The number of nitrogens with zero attached hydrogens (tertiary/aromatic N) is 1. The van der Waals surface area contributed by atoms with E-state index in [0.717, 1.165) is 25.1 Å². The van der Waals surface area contributed by atoms with Gasteiger partial charge in [-0.25, -0.2) is 8.42 Å². The first-order chi connectivity index (χ1) is 9.61. The molecule has 1 saturated carbocycles. The minimum atomic E-state index is -3.33. The Kier molecular flexibility index (Phi) is 3.84. The highest BCUT2D eigenvalue weighted by Crippen LogP contribution is 2.32. The van der Waals surface area contributed by atoms with Crippen LogP contribution in [0.1, 0.15) is 37.3 Å². The van der Waals surface area contributed by atoms with Crippen molar-refractivity contribution >= 4 is 10.0 Å². The predicted molar refractivity (Wildman–Crippen MR) is 78.8 cm³/mol. The molecular formula is C15H22N2O2S. The molecule has 0 spiro atoms. The van der Waals surface area contributed by atoms with Crippen LogP contribution in [0.4, 0.5) is 0 Å². The molecule has 2 aliphatic rings. The Morgan fingerprint density at radius 1 is 1.25 bits per heavy atom. The normalized spacial score (nSPS) is 18.5. The van der Waals surface area contributed by atoms with E-state index in [1.807, 2.05) is 19.1 Å². The number of hydrogen-bond donors (Lipinski definition) is 1. The largest absolute Gasteiger partial charge is 0.309 e. The Hall–Kier alpha value is -0.910. The van der Waals surface area contributed by atoms with Crippen molar-refractivity contribution in [1.29, 1.82) is 0 Å². The van der Waals surface area contributed by atoms with Gasteiger partial charge in [-0.2, -0.15) is 4.31 Å². The van der Waals surface area contributed by atoms with Crippen molar-refractivity contribution < 1.29 is 8.42 Å². The van der Waals surface area contributed by atoms with Crippen molar-refractivity contribution in [2.24, 2.45) is 5.92 Å². The summed E-state index contributed by atoms with van der Waals surface area (Å²) in [5.74, 6) is 0.576. The van der Waals surface area contributed by atoms with Gasteiger partial charge < -0.3 is 5.32 Å². The zero-order chi connectivity index (χ0) is 14.2. The van der Waals surface area contributed by atoms with Crippen LogP contribution in [0.2, 0.25) is 0 Å². The van der Waals surface area contributed by atoms with Gasteiger partial charge in [-0.3, -0.25) is 0 Å². The summed E-state index contributed by atoms with van der Waals surface area (Å²) in [6.07, 6.45) is 3.20. The lowest BCUT2D eigenvalue weighted by Gasteiger charge is -2.21. The molecule has 1 N–H and O–H groups in total. The molecule has 0 amide bonds. The number of benzene rings is 1. The Morgan fingerprint density at radius 2 is 2.00 bits per heavy atom. The Morgan fingerprint density at radius 3 is 2.70 bits per heavy atom. The third kappa shape index (κ3) is 2.75. The van der Waals surface area contributed by atoms with Crippen LogP contribution in [0.15, 0.2) is 23.1 Å². The molecule has 5 heteroatoms. The van der Waals surface area contributed by atoms with Crippen molar-refractivity contribution in [2.75, 3.05) is 13.1 Å². The van der Waals surface area contributed by atoms with Crippen molar-refractivity contribution in [3.05, 3.63) is 29.3 Å². The molecule has 0 saturated heterocycles. The first-order valence-electron chi connectivity index (χ1n) is 7.44. The molecule has 110 valence electrons. The van der Waals surface area contributed by atoms with Crippen LogP contribution in [0.5, 0.6) is 0 Å². The molecule has 1 aromatic rings. The lowest BCUT2D eigenvalue weighted by atomic mass is 10.1. The molecule has 0 bridgehead atoms. The second-order valence-electron chi connectivity index (χ2n) is 5.84. The number of fused-ring (bicyclic) bond motifs is 1. The van der Waals surface area contributed by atoms with E-state index in [0.29, 0.717) is 23.9 Å². The molecule has 1 fully saturated rings. The lowest BCUT2D eigenvalue weighted by molar-refractivity contribution is 0.395. The summed E-state index contributed by atoms with van der Waals surface area (Å²) in [5.41, 5.74) is 2.34. The zero-order valence-electron chi connectivity index (χ0n) is 11.9. The van der Waals surface area contributed by atoms with Gasteiger partial charge in [0.2, 0.25) is 10.0 Å². The smallest absolute Gasteiger partial charge is 0.243 e. The molecule has 1 aliphatic heterocycles. The van der Waals surface area contributed by atoms with Gasteiger partial charge in [0, 0.05) is 26.2 Å². The Balaban J connectivity index is 1.88. The van der Waals surface area contributed by atoms with Crippen LogP contribution in [0, 0.1) is 5.92 Å². The molecule has 1 aliphatic carbocycles. The average Bonchev–Trinajstić information content (AvgIpc) is 3.12. The van der Waals surface area contributed by atoms with Gasteiger partial charge in [0.1, 0.15) is 0 Å². The zero-order valence-corrected chi connectivity index (χ0v) is 12.7. The fourth-order valence-electron chi connectivity index (χ4n) is 2.73. The fourth-order valence-corrected chi connectivity index (χ4v) is 4.39. The maximum absolute atomic E-state index is 12.8. The van der Waals surface area contributed by atoms with E-state index in [4.69, 9.17) is 0 Å². The van der Waals surface area contributed by atoms with Gasteiger partial charge in [-0.1, -0.05) is 13.0 Å². The third-order valence-electron chi connectivity index (χ3n) is 4.08. The van der Waals surface area contributed by atoms with Gasteiger partial charge in [0.25, 0.3) is 0 Å². The highest BCUT2D eigenvalue weighted by molar-refractivity contribution is 7.89. The van der Waals surface area contributed by atoms with Gasteiger partial charge >= 0.3 is 0 Å². The van der Waals surface area contributed by atoms with Gasteiger partial charge in [0.05, 0.1) is 4.90 Å². The van der Waals surface area contributed by atoms with Crippen molar-refractivity contribution in [1.82, 2.24) is 9.62 Å². The molecule has 1 aromatic carbocycles. The molecular weight excluding hydrogens is 272 g/mol. The van der Waals surface area contributed by atoms with E-state index in [9.17, 15) is 8.42 Å². The van der Waals surface area contributed by atoms with E-state index >= 15 is 0 Å². The van der Waals surface area contributed by atoms with E-state index < -0.39 is 10.0 Å². The van der Waals surface area contributed by atoms with Crippen molar-refractivity contribution in [3.8, 4) is 0 Å². The monoisotopic (exact) mass is 294 g/mol. The second-order valence-corrected chi connectivity index (χ2v) is 7.78. The third-order valence-corrected chi connectivity index (χ3v) is 5.94. The molecule has 1 heterocycles. The molecule has 3 rings (SSSR count). The number of hydrogen-bond acceptors (Lipinski definition) is 3. The first kappa shape index (κ1) is 14.0. The molecule has 4 nitrogen and oxygen atoms in total. The average molecular weight is 294 g/mol. The maximum atomic E-state index is 12.8. The van der Waals surface area contributed by atoms with Crippen LogP contribution in [-0.4, -0.2) is 25.8 Å². The topological polar surface area (TPSA) is 49.4 Å². The van der Waals surface area contributed by atoms with Crippen LogP contribution < -0.4 is 5.32 Å². The summed E-state index contributed by atoms with van der Waals surface area (Å²) in [5, 5.41) is 3.25. The van der Waals surface area contributed by atoms with Crippen molar-refractivity contribution in [3.63, 3.8) is 0 Å². The number of rotatable bonds is 6. The van der Waals surface area contributed by atoms with Gasteiger partial charge in [-0.15, -0.1) is 0 Å². The maximum Gasteiger partial charge on any atom is 0.243 e. The summed E-state index contributed by atoms with van der Waals surface area (Å²) in [4.78, 5) is 0.453. The van der Waals surface area contributed by atoms with E-state index in [1.54, 1.807) is 10.4 Å². The second kappa shape index (κ2) is 5.47. The van der Waals surface area contributed by atoms with Crippen LogP contribution >= 0.6 is 0 Å². The lowest BCUT2D eigenvalue weighted by Crippen LogP contribution is -2.33. The minimum absolute atomic E-state index is 0.453. The van der Waals surface area contributed by atoms with Crippen molar-refractivity contribution in [2.45, 2.75) is 44.2 Å². The fraction of sp³-hybridized carbons (Fsp3) is 0.600. The summed E-state index contributed by atoms with van der Waals surface area (Å²) in [6.45, 7) is 4.95. The molecule has 0 unspecified atom stereocenters. The van der Waals surface area contributed by atoms with Gasteiger partial charge in [-0.05, 0) is 48.4 Å². The summed E-state index contributed by atoms with van der Waals surface area (Å²) < 4.78 is 27.3. The van der Waals surface area contributed by atoms with E-state index in [1.165, 1.54) is 18.4 Å². The quantitative estimate of drug-likeness (QED) is 0.874. The Labute approximate surface area is 121 Å². The SMILES string of the molecule is CCCN(CC1CC1)S(=O)(=O)c1ccc2c(c1)CNC2. The number of nitrogens with one attached hydrogen (secondary N) is 1. The highest BCUT2D eigenvalue weighted by atomic mass is 32.2. The molecule has 0 aromatic heterocycles. The van der Waals surface area contributed by atoms with Crippen LogP contribution in [0.25, 0.3) is 0 Å². The van der Waals surface area contributed by atoms with Crippen LogP contribution in [0.3, 0.4) is 0 Å². The molecule has 0 radical (unpaired) electrons. The van der Waals surface area contributed by atoms with Crippen LogP contribution in [-0.2, 0) is 23.1 Å². The first-order valence-corrected chi connectivity index (χ1v) is 8.88. The summed E-state index contributed by atoms with van der Waals surface area (Å²) in [7, 11) is -3.33. The summed E-state index contributed by atoms with van der Waals surface area (Å²) in [6, 6.07) is 5.56. The predicted octanol–water partition coefficient (Wildman–Crippen LogP) is 2.10. The summed E-state index contributed by atoms with van der Waals surface area (Å²) >= 11 is 0. The number of sulfonamides is 1. The van der Waals surface area contributed by atoms with E-state index in [-0.39, 0.29) is 0 Å². The molecule has 20 heavy (non-hydrogen) atoms. The minimum Gasteiger partial charge on any atom is -0.309 e. The standard InChI is InChI=1S/C15H22N2O2S/c1-2-7-17(11-12-3-4-12)20(18,19)15-6-5-13-9-16-10-14(13)8-15/h5-6,8,12,16H,2-4,7,9-11H2,1H3. The highest BCUT2D eigenvalue weighted by Gasteiger charge is 2.31. The molecule has 0 atom stereocenters. The van der Waals surface area contributed by atoms with Gasteiger partial charge in [0.15, 0.2) is 0 Å².